The van der Waals surface area contributed by atoms with Gasteiger partial charge in [0.15, 0.2) is 0 Å². The number of nitrogens with one attached hydrogen (secondary N) is 1. The molecule has 0 aliphatic heterocycles. The molecular formula is C22H25N5O4S2. The molecule has 33 heavy (non-hydrogen) atoms. The van der Waals surface area contributed by atoms with Crippen LogP contribution in [-0.4, -0.2) is 51.6 Å². The highest BCUT2D eigenvalue weighted by atomic mass is 32.2. The van der Waals surface area contributed by atoms with E-state index in [0.29, 0.717) is 21.6 Å². The Balaban J connectivity index is 1.47. The molecule has 1 aliphatic carbocycles. The van der Waals surface area contributed by atoms with Gasteiger partial charge in [0, 0.05) is 4.88 Å². The van der Waals surface area contributed by atoms with Gasteiger partial charge in [0.1, 0.15) is 10.8 Å². The van der Waals surface area contributed by atoms with Gasteiger partial charge in [-0.3, -0.25) is 4.79 Å². The second-order valence-corrected chi connectivity index (χ2v) is 9.73. The standard InChI is InChI=1S/C22H25N5O4S2/c1-4-31-21(29)19-16-10-5-13(2)11-17(16)33-20(19)23-18(28)12-32-22-24-25-26-27(22)14-6-8-15(30-3)9-7-14/h6-9,13H,4-5,10-12H2,1-3H3,(H,23,28). The van der Waals surface area contributed by atoms with E-state index in [1.54, 1.807) is 18.7 Å². The minimum absolute atomic E-state index is 0.0950. The molecule has 1 amide bonds. The number of ether oxygens (including phenoxy) is 2. The van der Waals surface area contributed by atoms with E-state index in [2.05, 4.69) is 27.8 Å². The molecule has 1 aliphatic rings. The first kappa shape index (κ1) is 23.2. The summed E-state index contributed by atoms with van der Waals surface area (Å²) in [7, 11) is 1.60. The zero-order valence-corrected chi connectivity index (χ0v) is 20.3. The SMILES string of the molecule is CCOC(=O)c1c(NC(=O)CSc2nnnn2-c2ccc(OC)cc2)sc2c1CCC(C)C2. The minimum atomic E-state index is -0.379. The number of methoxy groups -OCH3 is 1. The number of amides is 1. The third-order valence-electron chi connectivity index (χ3n) is 5.33. The predicted octanol–water partition coefficient (Wildman–Crippen LogP) is 3.76. The van der Waals surface area contributed by atoms with E-state index in [0.717, 1.165) is 41.1 Å². The van der Waals surface area contributed by atoms with E-state index in [4.69, 9.17) is 9.47 Å². The highest BCUT2D eigenvalue weighted by Gasteiger charge is 2.29. The average molecular weight is 488 g/mol. The Bertz CT molecular complexity index is 1140. The molecule has 1 unspecified atom stereocenters. The van der Waals surface area contributed by atoms with Crippen molar-refractivity contribution in [2.45, 2.75) is 38.3 Å². The van der Waals surface area contributed by atoms with Crippen LogP contribution in [0.1, 0.15) is 41.1 Å². The van der Waals surface area contributed by atoms with Gasteiger partial charge in [0.25, 0.3) is 0 Å². The molecule has 0 saturated heterocycles. The Morgan fingerprint density at radius 2 is 2.09 bits per heavy atom. The van der Waals surface area contributed by atoms with E-state index in [1.807, 2.05) is 24.3 Å². The van der Waals surface area contributed by atoms with Crippen LogP contribution in [0.5, 0.6) is 5.75 Å². The lowest BCUT2D eigenvalue weighted by atomic mass is 9.88. The van der Waals surface area contributed by atoms with Crippen LogP contribution in [0.2, 0.25) is 0 Å². The highest BCUT2D eigenvalue weighted by Crippen LogP contribution is 2.40. The van der Waals surface area contributed by atoms with Crippen LogP contribution in [0.25, 0.3) is 5.69 Å². The van der Waals surface area contributed by atoms with E-state index < -0.39 is 0 Å². The van der Waals surface area contributed by atoms with Gasteiger partial charge in [-0.15, -0.1) is 16.4 Å². The normalized spacial score (nSPS) is 15.1. The molecule has 0 fully saturated rings. The second kappa shape index (κ2) is 10.3. The summed E-state index contributed by atoms with van der Waals surface area (Å²) in [6, 6.07) is 7.30. The number of rotatable bonds is 8. The van der Waals surface area contributed by atoms with E-state index in [9.17, 15) is 9.59 Å². The van der Waals surface area contributed by atoms with Gasteiger partial charge in [-0.2, -0.15) is 4.68 Å². The van der Waals surface area contributed by atoms with Crippen LogP contribution in [0.15, 0.2) is 29.4 Å². The molecular weight excluding hydrogens is 462 g/mol. The van der Waals surface area contributed by atoms with Gasteiger partial charge in [0.2, 0.25) is 11.1 Å². The van der Waals surface area contributed by atoms with Gasteiger partial charge in [-0.1, -0.05) is 18.7 Å². The number of carbonyl (C=O) groups is 2. The van der Waals surface area contributed by atoms with Crippen LogP contribution in [-0.2, 0) is 22.4 Å². The summed E-state index contributed by atoms with van der Waals surface area (Å²) in [5.74, 6) is 0.767. The monoisotopic (exact) mass is 487 g/mol. The number of carbonyl (C=O) groups excluding carboxylic acids is 2. The number of esters is 1. The Morgan fingerprint density at radius 1 is 1.30 bits per heavy atom. The fraction of sp³-hybridized carbons (Fsp3) is 0.409. The average Bonchev–Trinajstić information content (AvgIpc) is 3.41. The lowest BCUT2D eigenvalue weighted by Crippen LogP contribution is -2.18. The van der Waals surface area contributed by atoms with Crippen molar-refractivity contribution in [3.05, 3.63) is 40.3 Å². The van der Waals surface area contributed by atoms with Crippen molar-refractivity contribution in [3.63, 3.8) is 0 Å². The topological polar surface area (TPSA) is 108 Å². The maximum absolute atomic E-state index is 12.8. The Hall–Kier alpha value is -2.92. The summed E-state index contributed by atoms with van der Waals surface area (Å²) in [6.07, 6.45) is 2.75. The molecule has 1 N–H and O–H groups in total. The fourth-order valence-corrected chi connectivity index (χ4v) is 5.81. The van der Waals surface area contributed by atoms with Crippen molar-refractivity contribution >= 4 is 40.0 Å². The zero-order chi connectivity index (χ0) is 23.4. The number of anilines is 1. The first-order valence-corrected chi connectivity index (χ1v) is 12.5. The lowest BCUT2D eigenvalue weighted by Gasteiger charge is -2.18. The predicted molar refractivity (Wildman–Crippen MR) is 127 cm³/mol. The molecule has 0 radical (unpaired) electrons. The molecule has 0 saturated carbocycles. The molecule has 9 nitrogen and oxygen atoms in total. The summed E-state index contributed by atoms with van der Waals surface area (Å²) in [5, 5.41) is 15.7. The van der Waals surface area contributed by atoms with Crippen molar-refractivity contribution in [1.29, 1.82) is 0 Å². The first-order chi connectivity index (χ1) is 16.0. The summed E-state index contributed by atoms with van der Waals surface area (Å²) >= 11 is 2.69. The smallest absolute Gasteiger partial charge is 0.341 e. The maximum Gasteiger partial charge on any atom is 0.341 e. The van der Waals surface area contributed by atoms with E-state index >= 15 is 0 Å². The zero-order valence-electron chi connectivity index (χ0n) is 18.7. The third kappa shape index (κ3) is 5.19. The van der Waals surface area contributed by atoms with Crippen molar-refractivity contribution in [1.82, 2.24) is 20.2 Å². The molecule has 4 rings (SSSR count). The van der Waals surface area contributed by atoms with E-state index in [-0.39, 0.29) is 24.2 Å². The first-order valence-electron chi connectivity index (χ1n) is 10.7. The largest absolute Gasteiger partial charge is 0.497 e. The van der Waals surface area contributed by atoms with Crippen molar-refractivity contribution in [3.8, 4) is 11.4 Å². The van der Waals surface area contributed by atoms with Crippen molar-refractivity contribution < 1.29 is 19.1 Å². The number of thiophene rings is 1. The second-order valence-electron chi connectivity index (χ2n) is 7.68. The number of aromatic nitrogens is 4. The number of benzene rings is 1. The third-order valence-corrected chi connectivity index (χ3v) is 7.42. The molecule has 0 spiro atoms. The van der Waals surface area contributed by atoms with Crippen molar-refractivity contribution in [2.75, 3.05) is 24.8 Å². The molecule has 2 heterocycles. The molecule has 1 atom stereocenters. The van der Waals surface area contributed by atoms with Crippen LogP contribution < -0.4 is 10.1 Å². The number of hydrogen-bond acceptors (Lipinski definition) is 9. The van der Waals surface area contributed by atoms with Crippen molar-refractivity contribution in [2.24, 2.45) is 5.92 Å². The van der Waals surface area contributed by atoms with Crippen LogP contribution in [0, 0.1) is 5.92 Å². The number of thioether (sulfide) groups is 1. The Labute approximate surface area is 199 Å². The molecule has 0 bridgehead atoms. The van der Waals surface area contributed by atoms with Gasteiger partial charge in [0.05, 0.1) is 30.7 Å². The number of hydrogen-bond donors (Lipinski definition) is 1. The van der Waals surface area contributed by atoms with Gasteiger partial charge >= 0.3 is 5.97 Å². The number of fused-ring (bicyclic) bond motifs is 1. The van der Waals surface area contributed by atoms with Gasteiger partial charge in [-0.05, 0) is 72.4 Å². The van der Waals surface area contributed by atoms with Gasteiger partial charge in [-0.25, -0.2) is 4.79 Å². The van der Waals surface area contributed by atoms with E-state index in [1.165, 1.54) is 23.1 Å². The Morgan fingerprint density at radius 3 is 2.82 bits per heavy atom. The minimum Gasteiger partial charge on any atom is -0.497 e. The van der Waals surface area contributed by atoms with Crippen LogP contribution in [0.4, 0.5) is 5.00 Å². The highest BCUT2D eigenvalue weighted by molar-refractivity contribution is 7.99. The molecule has 11 heteroatoms. The molecule has 1 aromatic carbocycles. The van der Waals surface area contributed by atoms with Gasteiger partial charge < -0.3 is 14.8 Å². The molecule has 2 aromatic heterocycles. The summed E-state index contributed by atoms with van der Waals surface area (Å²) in [6.45, 7) is 4.27. The quantitative estimate of drug-likeness (QED) is 0.378. The van der Waals surface area contributed by atoms with Crippen LogP contribution >= 0.6 is 23.1 Å². The summed E-state index contributed by atoms with van der Waals surface area (Å²) in [5.41, 5.74) is 2.28. The molecule has 174 valence electrons. The Kier molecular flexibility index (Phi) is 7.29. The number of nitrogens with zero attached hydrogens (tertiary/aromatic N) is 4. The maximum atomic E-state index is 12.8. The fourth-order valence-electron chi connectivity index (χ4n) is 3.71. The van der Waals surface area contributed by atoms with Crippen LogP contribution in [0.3, 0.4) is 0 Å². The molecule has 3 aromatic rings. The lowest BCUT2D eigenvalue weighted by molar-refractivity contribution is -0.113. The number of tetrazole rings is 1. The summed E-state index contributed by atoms with van der Waals surface area (Å²) < 4.78 is 12.0. The summed E-state index contributed by atoms with van der Waals surface area (Å²) in [4.78, 5) is 26.6.